The lowest BCUT2D eigenvalue weighted by atomic mass is 10.2. The molecule has 0 aliphatic heterocycles. The van der Waals surface area contributed by atoms with Crippen LogP contribution in [-0.4, -0.2) is 19.2 Å². The first-order valence-electron chi connectivity index (χ1n) is 5.80. The summed E-state index contributed by atoms with van der Waals surface area (Å²) < 4.78 is 18.8. The second-order valence-electron chi connectivity index (χ2n) is 3.87. The molecule has 1 unspecified atom stereocenters. The first-order chi connectivity index (χ1) is 7.67. The molecule has 0 aliphatic carbocycles. The van der Waals surface area contributed by atoms with Crippen molar-refractivity contribution >= 4 is 0 Å². The van der Waals surface area contributed by atoms with Gasteiger partial charge in [0.1, 0.15) is 17.7 Å². The number of hydrogen-bond acceptors (Lipinski definition) is 2. The maximum Gasteiger partial charge on any atom is 0.126 e. The Kier molecular flexibility index (Phi) is 5.26. The molecule has 1 atom stereocenters. The summed E-state index contributed by atoms with van der Waals surface area (Å²) in [5, 5.41) is 3.25. The molecular formula is C13H20FNO. The molecule has 16 heavy (non-hydrogen) atoms. The zero-order valence-corrected chi connectivity index (χ0v) is 10.2. The summed E-state index contributed by atoms with van der Waals surface area (Å²) in [7, 11) is 0. The lowest BCUT2D eigenvalue weighted by molar-refractivity contribution is 0.194. The maximum absolute atomic E-state index is 13.1. The second kappa shape index (κ2) is 6.48. The Morgan fingerprint density at radius 2 is 2.12 bits per heavy atom. The molecule has 1 N–H and O–H groups in total. The summed E-state index contributed by atoms with van der Waals surface area (Å²) in [5.74, 6) is 0.552. The normalized spacial score (nSPS) is 12.5. The SMILES string of the molecule is CCNCC(CC)Oc1ccc(F)c(C)c1. The molecule has 0 saturated heterocycles. The zero-order chi connectivity index (χ0) is 12.0. The van der Waals surface area contributed by atoms with Crippen LogP contribution in [0.1, 0.15) is 25.8 Å². The Hall–Kier alpha value is -1.09. The van der Waals surface area contributed by atoms with Crippen LogP contribution in [0.4, 0.5) is 4.39 Å². The number of hydrogen-bond donors (Lipinski definition) is 1. The van der Waals surface area contributed by atoms with Gasteiger partial charge in [0.05, 0.1) is 0 Å². The van der Waals surface area contributed by atoms with Gasteiger partial charge in [0.15, 0.2) is 0 Å². The van der Waals surface area contributed by atoms with E-state index < -0.39 is 0 Å². The van der Waals surface area contributed by atoms with E-state index >= 15 is 0 Å². The van der Waals surface area contributed by atoms with Gasteiger partial charge in [-0.25, -0.2) is 4.39 Å². The molecule has 0 aromatic heterocycles. The van der Waals surface area contributed by atoms with Gasteiger partial charge in [-0.15, -0.1) is 0 Å². The van der Waals surface area contributed by atoms with Gasteiger partial charge in [-0.3, -0.25) is 0 Å². The van der Waals surface area contributed by atoms with Crippen LogP contribution in [0.2, 0.25) is 0 Å². The van der Waals surface area contributed by atoms with Crippen molar-refractivity contribution in [2.24, 2.45) is 0 Å². The fourth-order valence-electron chi connectivity index (χ4n) is 1.46. The second-order valence-corrected chi connectivity index (χ2v) is 3.87. The summed E-state index contributed by atoms with van der Waals surface area (Å²) in [6.45, 7) is 7.65. The van der Waals surface area contributed by atoms with Crippen LogP contribution in [0.3, 0.4) is 0 Å². The van der Waals surface area contributed by atoms with Crippen molar-refractivity contribution in [2.75, 3.05) is 13.1 Å². The van der Waals surface area contributed by atoms with Crippen LogP contribution >= 0.6 is 0 Å². The van der Waals surface area contributed by atoms with Crippen LogP contribution in [-0.2, 0) is 0 Å². The van der Waals surface area contributed by atoms with Gasteiger partial charge in [0.2, 0.25) is 0 Å². The number of halogens is 1. The molecule has 3 heteroatoms. The third kappa shape index (κ3) is 3.81. The highest BCUT2D eigenvalue weighted by Gasteiger charge is 2.08. The van der Waals surface area contributed by atoms with E-state index in [1.807, 2.05) is 0 Å². The quantitative estimate of drug-likeness (QED) is 0.803. The monoisotopic (exact) mass is 225 g/mol. The van der Waals surface area contributed by atoms with Crippen molar-refractivity contribution in [1.82, 2.24) is 5.32 Å². The fraction of sp³-hybridized carbons (Fsp3) is 0.538. The molecule has 0 saturated carbocycles. The average molecular weight is 225 g/mol. The van der Waals surface area contributed by atoms with Crippen molar-refractivity contribution in [2.45, 2.75) is 33.3 Å². The van der Waals surface area contributed by atoms with E-state index in [9.17, 15) is 4.39 Å². The number of likely N-dealkylation sites (N-methyl/N-ethyl adjacent to an activating group) is 1. The van der Waals surface area contributed by atoms with E-state index in [1.54, 1.807) is 19.1 Å². The molecule has 90 valence electrons. The summed E-state index contributed by atoms with van der Waals surface area (Å²) in [6.07, 6.45) is 1.08. The molecule has 0 fully saturated rings. The van der Waals surface area contributed by atoms with Gasteiger partial charge in [-0.1, -0.05) is 13.8 Å². The third-order valence-corrected chi connectivity index (χ3v) is 2.51. The van der Waals surface area contributed by atoms with Gasteiger partial charge in [0, 0.05) is 6.54 Å². The Bertz CT molecular complexity index is 328. The van der Waals surface area contributed by atoms with Crippen molar-refractivity contribution < 1.29 is 9.13 Å². The summed E-state index contributed by atoms with van der Waals surface area (Å²) in [4.78, 5) is 0. The lowest BCUT2D eigenvalue weighted by Crippen LogP contribution is -2.30. The summed E-state index contributed by atoms with van der Waals surface area (Å²) in [5.41, 5.74) is 0.621. The lowest BCUT2D eigenvalue weighted by Gasteiger charge is -2.18. The Labute approximate surface area is 96.8 Å². The van der Waals surface area contributed by atoms with Crippen molar-refractivity contribution in [3.8, 4) is 5.75 Å². The number of ether oxygens (including phenoxy) is 1. The highest BCUT2D eigenvalue weighted by Crippen LogP contribution is 2.17. The number of aryl methyl sites for hydroxylation is 1. The highest BCUT2D eigenvalue weighted by atomic mass is 19.1. The first kappa shape index (κ1) is 13.0. The van der Waals surface area contributed by atoms with E-state index in [2.05, 4.69) is 19.2 Å². The first-order valence-corrected chi connectivity index (χ1v) is 5.80. The van der Waals surface area contributed by atoms with Gasteiger partial charge in [-0.05, 0) is 43.7 Å². The molecule has 0 amide bonds. The number of nitrogens with one attached hydrogen (secondary N) is 1. The number of rotatable bonds is 6. The Morgan fingerprint density at radius 3 is 2.69 bits per heavy atom. The van der Waals surface area contributed by atoms with Gasteiger partial charge in [-0.2, -0.15) is 0 Å². The maximum atomic E-state index is 13.1. The molecule has 0 radical (unpaired) electrons. The van der Waals surface area contributed by atoms with Crippen molar-refractivity contribution in [3.05, 3.63) is 29.6 Å². The molecule has 0 bridgehead atoms. The minimum atomic E-state index is -0.188. The van der Waals surface area contributed by atoms with Crippen molar-refractivity contribution in [3.63, 3.8) is 0 Å². The fourth-order valence-corrected chi connectivity index (χ4v) is 1.46. The van der Waals surface area contributed by atoms with E-state index in [0.29, 0.717) is 5.56 Å². The molecule has 0 aliphatic rings. The molecule has 1 aromatic rings. The number of benzene rings is 1. The van der Waals surface area contributed by atoms with Gasteiger partial charge in [0.25, 0.3) is 0 Å². The van der Waals surface area contributed by atoms with E-state index in [0.717, 1.165) is 25.3 Å². The molecule has 0 spiro atoms. The standard InChI is InChI=1S/C13H20FNO/c1-4-11(9-15-5-2)16-12-6-7-13(14)10(3)8-12/h6-8,11,15H,4-5,9H2,1-3H3. The van der Waals surface area contributed by atoms with Crippen LogP contribution in [0.5, 0.6) is 5.75 Å². The highest BCUT2D eigenvalue weighted by molar-refractivity contribution is 5.29. The minimum absolute atomic E-state index is 0.143. The molecule has 1 rings (SSSR count). The Morgan fingerprint density at radius 1 is 1.38 bits per heavy atom. The minimum Gasteiger partial charge on any atom is -0.489 e. The van der Waals surface area contributed by atoms with E-state index in [4.69, 9.17) is 4.74 Å². The predicted octanol–water partition coefficient (Wildman–Crippen LogP) is 2.90. The largest absolute Gasteiger partial charge is 0.489 e. The zero-order valence-electron chi connectivity index (χ0n) is 10.2. The summed E-state index contributed by atoms with van der Waals surface area (Å²) in [6, 6.07) is 4.87. The molecular weight excluding hydrogens is 205 g/mol. The average Bonchev–Trinajstić information content (AvgIpc) is 2.29. The van der Waals surface area contributed by atoms with Crippen LogP contribution in [0.25, 0.3) is 0 Å². The third-order valence-electron chi connectivity index (χ3n) is 2.51. The van der Waals surface area contributed by atoms with E-state index in [1.165, 1.54) is 6.07 Å². The van der Waals surface area contributed by atoms with Gasteiger partial charge >= 0.3 is 0 Å². The van der Waals surface area contributed by atoms with Gasteiger partial charge < -0.3 is 10.1 Å². The van der Waals surface area contributed by atoms with Crippen LogP contribution < -0.4 is 10.1 Å². The van der Waals surface area contributed by atoms with E-state index in [-0.39, 0.29) is 11.9 Å². The predicted molar refractivity (Wildman–Crippen MR) is 64.4 cm³/mol. The van der Waals surface area contributed by atoms with Crippen LogP contribution in [0, 0.1) is 12.7 Å². The molecule has 0 heterocycles. The Balaban J connectivity index is 2.59. The van der Waals surface area contributed by atoms with Crippen LogP contribution in [0.15, 0.2) is 18.2 Å². The topological polar surface area (TPSA) is 21.3 Å². The smallest absolute Gasteiger partial charge is 0.126 e. The molecule has 2 nitrogen and oxygen atoms in total. The van der Waals surface area contributed by atoms with Crippen molar-refractivity contribution in [1.29, 1.82) is 0 Å². The summed E-state index contributed by atoms with van der Waals surface area (Å²) >= 11 is 0. The molecule has 1 aromatic carbocycles.